The summed E-state index contributed by atoms with van der Waals surface area (Å²) in [6.45, 7) is 3.94. The molecule has 0 spiro atoms. The zero-order valence-electron chi connectivity index (χ0n) is 10.8. The molecule has 1 aliphatic rings. The molecule has 0 saturated carbocycles. The van der Waals surface area contributed by atoms with Crippen molar-refractivity contribution in [1.29, 1.82) is 0 Å². The van der Waals surface area contributed by atoms with Crippen molar-refractivity contribution in [3.05, 3.63) is 0 Å². The zero-order chi connectivity index (χ0) is 13.3. The van der Waals surface area contributed by atoms with E-state index in [0.29, 0.717) is 13.1 Å². The zero-order valence-corrected chi connectivity index (χ0v) is 11.6. The lowest BCUT2D eigenvalue weighted by Crippen LogP contribution is -2.56. The maximum atomic E-state index is 12.3. The Morgan fingerprint density at radius 2 is 2.00 bits per heavy atom. The molecular weight excluding hydrogens is 240 g/mol. The van der Waals surface area contributed by atoms with Crippen LogP contribution in [0.15, 0.2) is 0 Å². The third kappa shape index (κ3) is 2.80. The fourth-order valence-electron chi connectivity index (χ4n) is 2.02. The normalized spacial score (nSPS) is 22.6. The monoisotopic (exact) mass is 262 g/mol. The summed E-state index contributed by atoms with van der Waals surface area (Å²) in [5, 5.41) is 0. The maximum Gasteiger partial charge on any atom is 0.243 e. The SMILES string of the molecule is CC(C)(C(=O)N1CCCCC1CN)S(C)(=O)=O. The average Bonchev–Trinajstić information content (AvgIpc) is 2.26. The molecule has 17 heavy (non-hydrogen) atoms. The lowest BCUT2D eigenvalue weighted by molar-refractivity contribution is -0.136. The minimum atomic E-state index is -3.41. The molecule has 0 aliphatic carbocycles. The number of nitrogens with zero attached hydrogens (tertiary/aromatic N) is 1. The number of sulfone groups is 1. The van der Waals surface area contributed by atoms with E-state index in [9.17, 15) is 13.2 Å². The molecule has 6 heteroatoms. The molecular formula is C11H22N2O3S. The molecule has 1 heterocycles. The summed E-state index contributed by atoms with van der Waals surface area (Å²) in [6.07, 6.45) is 3.93. The molecule has 0 aromatic carbocycles. The lowest BCUT2D eigenvalue weighted by Gasteiger charge is -2.39. The van der Waals surface area contributed by atoms with Crippen LogP contribution in [0.25, 0.3) is 0 Å². The average molecular weight is 262 g/mol. The van der Waals surface area contributed by atoms with Crippen molar-refractivity contribution in [1.82, 2.24) is 4.90 Å². The van der Waals surface area contributed by atoms with Crippen molar-refractivity contribution in [2.24, 2.45) is 5.73 Å². The summed E-state index contributed by atoms with van der Waals surface area (Å²) in [5.74, 6) is -0.324. The van der Waals surface area contributed by atoms with Gasteiger partial charge in [-0.05, 0) is 33.1 Å². The number of hydrogen-bond donors (Lipinski definition) is 1. The van der Waals surface area contributed by atoms with Crippen LogP contribution >= 0.6 is 0 Å². The van der Waals surface area contributed by atoms with Gasteiger partial charge in [0.25, 0.3) is 0 Å². The Bertz CT molecular complexity index is 390. The van der Waals surface area contributed by atoms with E-state index in [1.54, 1.807) is 4.90 Å². The largest absolute Gasteiger partial charge is 0.337 e. The number of piperidine rings is 1. The van der Waals surface area contributed by atoms with Gasteiger partial charge in [0.15, 0.2) is 9.84 Å². The van der Waals surface area contributed by atoms with Gasteiger partial charge in [0.2, 0.25) is 5.91 Å². The first-order valence-corrected chi connectivity index (χ1v) is 7.81. The molecule has 0 aromatic rings. The van der Waals surface area contributed by atoms with E-state index in [1.165, 1.54) is 13.8 Å². The summed E-state index contributed by atoms with van der Waals surface area (Å²) >= 11 is 0. The fraction of sp³-hybridized carbons (Fsp3) is 0.909. The summed E-state index contributed by atoms with van der Waals surface area (Å²) in [7, 11) is -3.41. The third-order valence-electron chi connectivity index (χ3n) is 3.60. The molecule has 1 atom stereocenters. The first-order valence-electron chi connectivity index (χ1n) is 5.92. The van der Waals surface area contributed by atoms with Crippen molar-refractivity contribution in [3.63, 3.8) is 0 Å². The van der Waals surface area contributed by atoms with Gasteiger partial charge in [0, 0.05) is 25.4 Å². The molecule has 1 aliphatic heterocycles. The van der Waals surface area contributed by atoms with Crippen LogP contribution in [-0.4, -0.2) is 49.4 Å². The molecule has 0 radical (unpaired) electrons. The first kappa shape index (κ1) is 14.4. The van der Waals surface area contributed by atoms with Gasteiger partial charge in [0.1, 0.15) is 4.75 Å². The van der Waals surface area contributed by atoms with E-state index in [4.69, 9.17) is 5.73 Å². The Balaban J connectivity index is 2.95. The minimum absolute atomic E-state index is 0.0164. The van der Waals surface area contributed by atoms with Crippen molar-refractivity contribution in [3.8, 4) is 0 Å². The van der Waals surface area contributed by atoms with Crippen LogP contribution in [0.3, 0.4) is 0 Å². The van der Waals surface area contributed by atoms with Gasteiger partial charge in [-0.15, -0.1) is 0 Å². The van der Waals surface area contributed by atoms with E-state index in [2.05, 4.69) is 0 Å². The maximum absolute atomic E-state index is 12.3. The number of carbonyl (C=O) groups is 1. The molecule has 1 saturated heterocycles. The summed E-state index contributed by atoms with van der Waals surface area (Å²) in [5.41, 5.74) is 5.64. The summed E-state index contributed by atoms with van der Waals surface area (Å²) < 4.78 is 21.9. The minimum Gasteiger partial charge on any atom is -0.337 e. The second-order valence-corrected chi connectivity index (χ2v) is 7.73. The van der Waals surface area contributed by atoms with Crippen LogP contribution in [0, 0.1) is 0 Å². The molecule has 0 bridgehead atoms. The number of carbonyl (C=O) groups excluding carboxylic acids is 1. The van der Waals surface area contributed by atoms with E-state index in [0.717, 1.165) is 25.5 Å². The Labute approximate surface area is 103 Å². The molecule has 0 aromatic heterocycles. The van der Waals surface area contributed by atoms with Crippen molar-refractivity contribution in [2.75, 3.05) is 19.3 Å². The second-order valence-electron chi connectivity index (χ2n) is 5.17. The van der Waals surface area contributed by atoms with E-state index < -0.39 is 14.6 Å². The summed E-state index contributed by atoms with van der Waals surface area (Å²) in [4.78, 5) is 14.0. The molecule has 1 rings (SSSR count). The van der Waals surface area contributed by atoms with Crippen LogP contribution in [-0.2, 0) is 14.6 Å². The standard InChI is InChI=1S/C11H22N2O3S/c1-11(2,17(3,15)16)10(14)13-7-5-4-6-9(13)8-12/h9H,4-8,12H2,1-3H3. The number of amides is 1. The van der Waals surface area contributed by atoms with E-state index >= 15 is 0 Å². The quantitative estimate of drug-likeness (QED) is 0.785. The van der Waals surface area contributed by atoms with E-state index in [-0.39, 0.29) is 11.9 Å². The highest BCUT2D eigenvalue weighted by molar-refractivity contribution is 7.92. The first-order chi connectivity index (χ1) is 7.71. The molecule has 100 valence electrons. The highest BCUT2D eigenvalue weighted by atomic mass is 32.2. The van der Waals surface area contributed by atoms with E-state index in [1.807, 2.05) is 0 Å². The molecule has 2 N–H and O–H groups in total. The highest BCUT2D eigenvalue weighted by Crippen LogP contribution is 2.24. The Hall–Kier alpha value is -0.620. The van der Waals surface area contributed by atoms with Gasteiger partial charge >= 0.3 is 0 Å². The van der Waals surface area contributed by atoms with Crippen LogP contribution in [0.4, 0.5) is 0 Å². The van der Waals surface area contributed by atoms with Gasteiger partial charge in [-0.3, -0.25) is 4.79 Å². The Morgan fingerprint density at radius 3 is 2.47 bits per heavy atom. The van der Waals surface area contributed by atoms with Crippen LogP contribution < -0.4 is 5.73 Å². The third-order valence-corrected chi connectivity index (χ3v) is 5.63. The van der Waals surface area contributed by atoms with Gasteiger partial charge in [-0.1, -0.05) is 0 Å². The molecule has 1 amide bonds. The predicted octanol–water partition coefficient (Wildman–Crippen LogP) is 0.149. The van der Waals surface area contributed by atoms with Gasteiger partial charge in [-0.25, -0.2) is 8.42 Å². The molecule has 5 nitrogen and oxygen atoms in total. The van der Waals surface area contributed by atoms with Crippen molar-refractivity contribution >= 4 is 15.7 Å². The lowest BCUT2D eigenvalue weighted by atomic mass is 10.00. The predicted molar refractivity (Wildman–Crippen MR) is 67.3 cm³/mol. The van der Waals surface area contributed by atoms with Crippen molar-refractivity contribution in [2.45, 2.75) is 43.9 Å². The molecule has 1 fully saturated rings. The van der Waals surface area contributed by atoms with Gasteiger partial charge in [-0.2, -0.15) is 0 Å². The molecule has 1 unspecified atom stereocenters. The smallest absolute Gasteiger partial charge is 0.243 e. The Morgan fingerprint density at radius 1 is 1.41 bits per heavy atom. The second kappa shape index (κ2) is 4.94. The highest BCUT2D eigenvalue weighted by Gasteiger charge is 2.43. The fourth-order valence-corrected chi connectivity index (χ4v) is 2.45. The van der Waals surface area contributed by atoms with Crippen LogP contribution in [0.1, 0.15) is 33.1 Å². The number of likely N-dealkylation sites (tertiary alicyclic amines) is 1. The van der Waals surface area contributed by atoms with Crippen molar-refractivity contribution < 1.29 is 13.2 Å². The summed E-state index contributed by atoms with van der Waals surface area (Å²) in [6, 6.07) is -0.0164. The number of rotatable bonds is 3. The van der Waals surface area contributed by atoms with Gasteiger partial charge in [0.05, 0.1) is 0 Å². The Kier molecular flexibility index (Phi) is 4.19. The van der Waals surface area contributed by atoms with Gasteiger partial charge < -0.3 is 10.6 Å². The van der Waals surface area contributed by atoms with Crippen LogP contribution in [0.2, 0.25) is 0 Å². The topological polar surface area (TPSA) is 80.5 Å². The van der Waals surface area contributed by atoms with Crippen LogP contribution in [0.5, 0.6) is 0 Å². The number of hydrogen-bond acceptors (Lipinski definition) is 4. The number of nitrogens with two attached hydrogens (primary N) is 1.